The fraction of sp³-hybridized carbons (Fsp3) is 0.533. The van der Waals surface area contributed by atoms with Crippen LogP contribution in [0.15, 0.2) is 24.3 Å². The lowest BCUT2D eigenvalue weighted by Crippen LogP contribution is -2.29. The molecule has 0 aliphatic carbocycles. The topological polar surface area (TPSA) is 20.3 Å². The lowest BCUT2D eigenvalue weighted by molar-refractivity contribution is 0.109. The molecule has 1 aliphatic rings. The van der Waals surface area contributed by atoms with E-state index in [0.717, 1.165) is 25.2 Å². The largest absolute Gasteiger partial charge is 0.302 e. The second kappa shape index (κ2) is 6.39. The smallest absolute Gasteiger partial charge is 0.220 e. The first kappa shape index (κ1) is 13.6. The standard InChI is InChI=1S/C15H21NOS/c1-3-9-16(10-4-2)11-14-12-7-5-6-8-13(12)15(17)18-14/h5-8,14H,3-4,9-11H2,1-2H3. The number of fused-ring (bicyclic) bond motifs is 1. The quantitative estimate of drug-likeness (QED) is 0.780. The number of carbonyl (C=O) groups is 1. The van der Waals surface area contributed by atoms with Crippen molar-refractivity contribution in [1.29, 1.82) is 0 Å². The first-order valence-electron chi connectivity index (χ1n) is 6.78. The van der Waals surface area contributed by atoms with Crippen molar-refractivity contribution in [3.63, 3.8) is 0 Å². The maximum atomic E-state index is 11.9. The summed E-state index contributed by atoms with van der Waals surface area (Å²) < 4.78 is 0. The fourth-order valence-electron chi connectivity index (χ4n) is 2.52. The van der Waals surface area contributed by atoms with Gasteiger partial charge >= 0.3 is 0 Å². The van der Waals surface area contributed by atoms with Crippen molar-refractivity contribution in [3.05, 3.63) is 35.4 Å². The zero-order chi connectivity index (χ0) is 13.0. The Hall–Kier alpha value is -0.800. The Labute approximate surface area is 114 Å². The van der Waals surface area contributed by atoms with E-state index in [9.17, 15) is 4.79 Å². The molecular formula is C15H21NOS. The van der Waals surface area contributed by atoms with Crippen molar-refractivity contribution in [1.82, 2.24) is 4.90 Å². The summed E-state index contributed by atoms with van der Waals surface area (Å²) in [5.41, 5.74) is 2.14. The highest BCUT2D eigenvalue weighted by Gasteiger charge is 2.30. The number of hydrogen-bond donors (Lipinski definition) is 0. The summed E-state index contributed by atoms with van der Waals surface area (Å²) in [7, 11) is 0. The van der Waals surface area contributed by atoms with Crippen LogP contribution in [-0.2, 0) is 0 Å². The van der Waals surface area contributed by atoms with Crippen LogP contribution in [0.4, 0.5) is 0 Å². The Morgan fingerprint density at radius 1 is 1.17 bits per heavy atom. The summed E-state index contributed by atoms with van der Waals surface area (Å²) in [6.45, 7) is 7.67. The highest BCUT2D eigenvalue weighted by atomic mass is 32.2. The first-order chi connectivity index (χ1) is 8.76. The maximum Gasteiger partial charge on any atom is 0.220 e. The van der Waals surface area contributed by atoms with Crippen molar-refractivity contribution < 1.29 is 4.79 Å². The Balaban J connectivity index is 2.08. The molecule has 0 aromatic heterocycles. The monoisotopic (exact) mass is 263 g/mol. The van der Waals surface area contributed by atoms with Crippen LogP contribution in [-0.4, -0.2) is 29.6 Å². The van der Waals surface area contributed by atoms with E-state index in [1.54, 1.807) is 0 Å². The van der Waals surface area contributed by atoms with E-state index in [1.165, 1.54) is 30.2 Å². The molecule has 0 N–H and O–H groups in total. The van der Waals surface area contributed by atoms with Gasteiger partial charge in [0.25, 0.3) is 0 Å². The third-order valence-electron chi connectivity index (χ3n) is 3.28. The van der Waals surface area contributed by atoms with Crippen LogP contribution in [0.3, 0.4) is 0 Å². The van der Waals surface area contributed by atoms with E-state index < -0.39 is 0 Å². The Kier molecular flexibility index (Phi) is 4.84. The molecule has 1 unspecified atom stereocenters. The van der Waals surface area contributed by atoms with Crippen molar-refractivity contribution in [3.8, 4) is 0 Å². The van der Waals surface area contributed by atoms with Crippen molar-refractivity contribution in [2.45, 2.75) is 31.9 Å². The second-order valence-electron chi connectivity index (χ2n) is 4.78. The van der Waals surface area contributed by atoms with E-state index in [-0.39, 0.29) is 5.12 Å². The zero-order valence-corrected chi connectivity index (χ0v) is 12.0. The molecule has 2 nitrogen and oxygen atoms in total. The first-order valence-corrected chi connectivity index (χ1v) is 7.66. The average Bonchev–Trinajstić information content (AvgIpc) is 2.68. The number of hydrogen-bond acceptors (Lipinski definition) is 3. The van der Waals surface area contributed by atoms with Crippen molar-refractivity contribution in [2.24, 2.45) is 0 Å². The minimum atomic E-state index is 0.239. The van der Waals surface area contributed by atoms with Gasteiger partial charge in [-0.05, 0) is 31.5 Å². The summed E-state index contributed by atoms with van der Waals surface area (Å²) >= 11 is 1.49. The Bertz CT molecular complexity index is 413. The summed E-state index contributed by atoms with van der Waals surface area (Å²) in [4.78, 5) is 14.4. The maximum absolute atomic E-state index is 11.9. The molecule has 0 saturated heterocycles. The van der Waals surface area contributed by atoms with E-state index in [0.29, 0.717) is 5.25 Å². The summed E-state index contributed by atoms with van der Waals surface area (Å²) in [6, 6.07) is 8.05. The highest BCUT2D eigenvalue weighted by molar-refractivity contribution is 8.14. The molecular weight excluding hydrogens is 242 g/mol. The summed E-state index contributed by atoms with van der Waals surface area (Å²) in [5, 5.41) is 0.565. The minimum Gasteiger partial charge on any atom is -0.302 e. The molecule has 3 heteroatoms. The molecule has 0 fully saturated rings. The molecule has 1 heterocycles. The Morgan fingerprint density at radius 2 is 1.83 bits per heavy atom. The second-order valence-corrected chi connectivity index (χ2v) is 5.96. The molecule has 0 radical (unpaired) electrons. The van der Waals surface area contributed by atoms with Crippen LogP contribution < -0.4 is 0 Å². The van der Waals surface area contributed by atoms with Gasteiger partial charge in [-0.15, -0.1) is 0 Å². The molecule has 1 aliphatic heterocycles. The molecule has 0 bridgehead atoms. The van der Waals surface area contributed by atoms with Gasteiger partial charge in [0.1, 0.15) is 0 Å². The molecule has 0 saturated carbocycles. The van der Waals surface area contributed by atoms with Crippen LogP contribution in [0.1, 0.15) is 47.9 Å². The normalized spacial score (nSPS) is 18.4. The SMILES string of the molecule is CCCN(CCC)CC1SC(=O)c2ccccc21. The molecule has 1 atom stereocenters. The van der Waals surface area contributed by atoms with Gasteiger partial charge in [-0.3, -0.25) is 4.79 Å². The molecule has 0 amide bonds. The van der Waals surface area contributed by atoms with Crippen LogP contribution in [0, 0.1) is 0 Å². The number of rotatable bonds is 6. The van der Waals surface area contributed by atoms with E-state index >= 15 is 0 Å². The van der Waals surface area contributed by atoms with Gasteiger partial charge in [-0.25, -0.2) is 0 Å². The van der Waals surface area contributed by atoms with Gasteiger partial charge in [0.05, 0.1) is 5.25 Å². The van der Waals surface area contributed by atoms with E-state index in [2.05, 4.69) is 24.8 Å². The molecule has 2 rings (SSSR count). The van der Waals surface area contributed by atoms with Gasteiger partial charge < -0.3 is 4.90 Å². The predicted octanol–water partition coefficient (Wildman–Crippen LogP) is 3.74. The number of benzene rings is 1. The average molecular weight is 263 g/mol. The number of thioether (sulfide) groups is 1. The molecule has 0 spiro atoms. The highest BCUT2D eigenvalue weighted by Crippen LogP contribution is 2.41. The van der Waals surface area contributed by atoms with Crippen LogP contribution in [0.25, 0.3) is 0 Å². The van der Waals surface area contributed by atoms with Crippen LogP contribution in [0.5, 0.6) is 0 Å². The third kappa shape index (κ3) is 2.96. The molecule has 98 valence electrons. The zero-order valence-electron chi connectivity index (χ0n) is 11.2. The van der Waals surface area contributed by atoms with Crippen LogP contribution >= 0.6 is 11.8 Å². The fourth-order valence-corrected chi connectivity index (χ4v) is 3.71. The Morgan fingerprint density at radius 3 is 2.50 bits per heavy atom. The third-order valence-corrected chi connectivity index (χ3v) is 4.40. The van der Waals surface area contributed by atoms with Gasteiger partial charge in [-0.2, -0.15) is 0 Å². The van der Waals surface area contributed by atoms with Gasteiger partial charge in [-0.1, -0.05) is 49.9 Å². The lowest BCUT2D eigenvalue weighted by atomic mass is 10.1. The van der Waals surface area contributed by atoms with Crippen LogP contribution in [0.2, 0.25) is 0 Å². The van der Waals surface area contributed by atoms with Gasteiger partial charge in [0.2, 0.25) is 5.12 Å². The minimum absolute atomic E-state index is 0.239. The lowest BCUT2D eigenvalue weighted by Gasteiger charge is -2.24. The predicted molar refractivity (Wildman–Crippen MR) is 78.1 cm³/mol. The molecule has 1 aromatic rings. The number of nitrogens with zero attached hydrogens (tertiary/aromatic N) is 1. The molecule has 1 aromatic carbocycles. The summed E-state index contributed by atoms with van der Waals surface area (Å²) in [6.07, 6.45) is 2.35. The van der Waals surface area contributed by atoms with Gasteiger partial charge in [0.15, 0.2) is 0 Å². The van der Waals surface area contributed by atoms with Gasteiger partial charge in [0, 0.05) is 12.1 Å². The molecule has 18 heavy (non-hydrogen) atoms. The summed E-state index contributed by atoms with van der Waals surface area (Å²) in [5.74, 6) is 0. The van der Waals surface area contributed by atoms with Crippen molar-refractivity contribution in [2.75, 3.05) is 19.6 Å². The number of carbonyl (C=O) groups excluding carboxylic acids is 1. The van der Waals surface area contributed by atoms with E-state index in [4.69, 9.17) is 0 Å². The van der Waals surface area contributed by atoms with Crippen molar-refractivity contribution >= 4 is 16.9 Å². The van der Waals surface area contributed by atoms with E-state index in [1.807, 2.05) is 18.2 Å².